The van der Waals surface area contributed by atoms with Gasteiger partial charge >= 0.3 is 0 Å². The molecule has 2 heterocycles. The van der Waals surface area contributed by atoms with Gasteiger partial charge in [-0.3, -0.25) is 4.57 Å². The number of nitrogens with zero attached hydrogens (tertiary/aromatic N) is 1. The van der Waals surface area contributed by atoms with Crippen molar-refractivity contribution in [3.05, 3.63) is 45.4 Å². The molecule has 3 rings (SSSR count). The van der Waals surface area contributed by atoms with Crippen molar-refractivity contribution in [2.75, 3.05) is 0 Å². The van der Waals surface area contributed by atoms with Gasteiger partial charge in [0.05, 0.1) is 16.7 Å². The van der Waals surface area contributed by atoms with Gasteiger partial charge in [-0.2, -0.15) is 11.3 Å². The summed E-state index contributed by atoms with van der Waals surface area (Å²) in [5.74, 6) is 0. The molecule has 0 spiro atoms. The number of aromatic nitrogens is 2. The third-order valence-corrected chi connectivity index (χ3v) is 3.65. The first-order valence-corrected chi connectivity index (χ1v) is 6.35. The molecule has 80 valence electrons. The first kappa shape index (κ1) is 9.81. The summed E-state index contributed by atoms with van der Waals surface area (Å²) in [6.45, 7) is 2.09. The second-order valence-corrected chi connectivity index (χ2v) is 4.88. The van der Waals surface area contributed by atoms with Crippen LogP contribution in [0.15, 0.2) is 35.0 Å². The molecular weight excluding hydrogens is 236 g/mol. The molecule has 16 heavy (non-hydrogen) atoms. The van der Waals surface area contributed by atoms with Gasteiger partial charge in [-0.1, -0.05) is 12.1 Å². The van der Waals surface area contributed by atoms with Crippen molar-refractivity contribution in [3.8, 4) is 5.69 Å². The van der Waals surface area contributed by atoms with E-state index >= 15 is 0 Å². The van der Waals surface area contributed by atoms with Crippen molar-refractivity contribution >= 4 is 34.6 Å². The Hall–Kier alpha value is -1.39. The number of aryl methyl sites for hydroxylation is 1. The normalized spacial score (nSPS) is 11.1. The number of H-pyrrole nitrogens is 1. The van der Waals surface area contributed by atoms with Crippen LogP contribution in [0.5, 0.6) is 0 Å². The highest BCUT2D eigenvalue weighted by atomic mass is 32.1. The van der Waals surface area contributed by atoms with Crippen LogP contribution in [0.2, 0.25) is 0 Å². The van der Waals surface area contributed by atoms with Crippen LogP contribution in [0.25, 0.3) is 16.7 Å². The van der Waals surface area contributed by atoms with Crippen LogP contribution in [-0.4, -0.2) is 9.55 Å². The molecule has 0 atom stereocenters. The summed E-state index contributed by atoms with van der Waals surface area (Å²) >= 11 is 7.05. The number of hydrogen-bond acceptors (Lipinski definition) is 2. The Morgan fingerprint density at radius 3 is 2.94 bits per heavy atom. The van der Waals surface area contributed by atoms with E-state index in [-0.39, 0.29) is 0 Å². The van der Waals surface area contributed by atoms with E-state index in [1.54, 1.807) is 11.3 Å². The van der Waals surface area contributed by atoms with E-state index in [0.717, 1.165) is 21.5 Å². The van der Waals surface area contributed by atoms with Gasteiger partial charge in [-0.25, -0.2) is 0 Å². The molecule has 2 aromatic heterocycles. The van der Waals surface area contributed by atoms with Crippen molar-refractivity contribution in [1.82, 2.24) is 9.55 Å². The molecule has 3 aromatic rings. The minimum atomic E-state index is 0.753. The Balaban J connectivity index is 2.46. The highest BCUT2D eigenvalue weighted by molar-refractivity contribution is 7.71. The zero-order valence-corrected chi connectivity index (χ0v) is 10.4. The average Bonchev–Trinajstić information content (AvgIpc) is 2.85. The molecule has 0 unspecified atom stereocenters. The van der Waals surface area contributed by atoms with E-state index in [4.69, 9.17) is 12.2 Å². The lowest BCUT2D eigenvalue weighted by atomic mass is 10.2. The molecule has 0 amide bonds. The van der Waals surface area contributed by atoms with Crippen molar-refractivity contribution in [1.29, 1.82) is 0 Å². The molecule has 0 aliphatic carbocycles. The molecule has 4 heteroatoms. The lowest BCUT2D eigenvalue weighted by Gasteiger charge is -2.01. The fourth-order valence-corrected chi connectivity index (χ4v) is 2.84. The summed E-state index contributed by atoms with van der Waals surface area (Å²) in [6.07, 6.45) is 0. The number of aromatic amines is 1. The summed E-state index contributed by atoms with van der Waals surface area (Å²) in [5.41, 5.74) is 4.62. The van der Waals surface area contributed by atoms with Crippen molar-refractivity contribution in [3.63, 3.8) is 0 Å². The van der Waals surface area contributed by atoms with Crippen LogP contribution < -0.4 is 0 Å². The molecule has 0 saturated carbocycles. The predicted octanol–water partition coefficient (Wildman–Crippen LogP) is 4.06. The number of hydrogen-bond donors (Lipinski definition) is 1. The summed E-state index contributed by atoms with van der Waals surface area (Å²) < 4.78 is 2.83. The van der Waals surface area contributed by atoms with Gasteiger partial charge in [0.1, 0.15) is 0 Å². The van der Waals surface area contributed by atoms with Crippen molar-refractivity contribution in [2.45, 2.75) is 6.92 Å². The average molecular weight is 246 g/mol. The first-order valence-electron chi connectivity index (χ1n) is 5.00. The highest BCUT2D eigenvalue weighted by Gasteiger charge is 2.07. The first-order chi connectivity index (χ1) is 7.77. The van der Waals surface area contributed by atoms with Gasteiger partial charge in [0.2, 0.25) is 0 Å². The monoisotopic (exact) mass is 246 g/mol. The summed E-state index contributed by atoms with van der Waals surface area (Å²) in [4.78, 5) is 3.27. The van der Waals surface area contributed by atoms with Gasteiger partial charge < -0.3 is 4.98 Å². The fourth-order valence-electron chi connectivity index (χ4n) is 1.91. The third-order valence-electron chi connectivity index (χ3n) is 2.69. The Morgan fingerprint density at radius 2 is 2.19 bits per heavy atom. The third kappa shape index (κ3) is 1.34. The molecule has 0 bridgehead atoms. The Bertz CT molecular complexity index is 689. The van der Waals surface area contributed by atoms with Gasteiger partial charge in [0.25, 0.3) is 0 Å². The molecule has 0 aliphatic rings. The summed E-state index contributed by atoms with van der Waals surface area (Å²) in [6, 6.07) is 8.32. The Labute approximate surface area is 102 Å². The second-order valence-electron chi connectivity index (χ2n) is 3.72. The topological polar surface area (TPSA) is 20.7 Å². The Morgan fingerprint density at radius 1 is 1.31 bits per heavy atom. The van der Waals surface area contributed by atoms with Gasteiger partial charge in [-0.05, 0) is 42.2 Å². The lowest BCUT2D eigenvalue weighted by Crippen LogP contribution is -1.90. The molecule has 0 aliphatic heterocycles. The highest BCUT2D eigenvalue weighted by Crippen LogP contribution is 2.23. The van der Waals surface area contributed by atoms with Gasteiger partial charge in [-0.15, -0.1) is 0 Å². The second kappa shape index (κ2) is 3.57. The quantitative estimate of drug-likeness (QED) is 0.642. The minimum absolute atomic E-state index is 0.753. The van der Waals surface area contributed by atoms with Gasteiger partial charge in [0.15, 0.2) is 4.77 Å². The van der Waals surface area contributed by atoms with Crippen LogP contribution in [-0.2, 0) is 0 Å². The van der Waals surface area contributed by atoms with Gasteiger partial charge in [0, 0.05) is 5.38 Å². The number of rotatable bonds is 1. The van der Waals surface area contributed by atoms with Crippen molar-refractivity contribution in [2.24, 2.45) is 0 Å². The zero-order valence-electron chi connectivity index (χ0n) is 8.73. The van der Waals surface area contributed by atoms with Crippen molar-refractivity contribution < 1.29 is 0 Å². The zero-order chi connectivity index (χ0) is 11.1. The van der Waals surface area contributed by atoms with Crippen LogP contribution in [0, 0.1) is 11.7 Å². The number of fused-ring (bicyclic) bond motifs is 1. The maximum atomic E-state index is 5.37. The van der Waals surface area contributed by atoms with E-state index in [1.807, 2.05) is 0 Å². The number of para-hydroxylation sites is 1. The smallest absolute Gasteiger partial charge is 0.182 e. The number of imidazole rings is 1. The molecule has 1 aromatic carbocycles. The van der Waals surface area contributed by atoms with E-state index in [0.29, 0.717) is 0 Å². The SMILES string of the molecule is Cc1cccc2c1[nH]c(=S)n2-c1ccsc1. The lowest BCUT2D eigenvalue weighted by molar-refractivity contribution is 1.07. The van der Waals surface area contributed by atoms with Crippen LogP contribution in [0.4, 0.5) is 0 Å². The minimum Gasteiger partial charge on any atom is -0.330 e. The van der Waals surface area contributed by atoms with Crippen LogP contribution in [0.1, 0.15) is 5.56 Å². The standard InChI is InChI=1S/C12H10N2S2/c1-8-3-2-4-10-11(8)13-12(15)14(10)9-5-6-16-7-9/h2-7H,1H3,(H,13,15). The molecule has 0 radical (unpaired) electrons. The van der Waals surface area contributed by atoms with E-state index in [9.17, 15) is 0 Å². The molecule has 0 saturated heterocycles. The van der Waals surface area contributed by atoms with E-state index < -0.39 is 0 Å². The molecule has 0 fully saturated rings. The molecule has 1 N–H and O–H groups in total. The number of nitrogens with one attached hydrogen (secondary N) is 1. The maximum absolute atomic E-state index is 5.37. The van der Waals surface area contributed by atoms with E-state index in [2.05, 4.69) is 51.5 Å². The fraction of sp³-hybridized carbons (Fsp3) is 0.0833. The number of benzene rings is 1. The van der Waals surface area contributed by atoms with E-state index in [1.165, 1.54) is 5.56 Å². The summed E-state index contributed by atoms with van der Waals surface area (Å²) in [5, 5.41) is 4.16. The molecule has 2 nitrogen and oxygen atoms in total. The Kier molecular flexibility index (Phi) is 2.19. The van der Waals surface area contributed by atoms with Crippen LogP contribution in [0.3, 0.4) is 0 Å². The molecular formula is C12H10N2S2. The maximum Gasteiger partial charge on any atom is 0.182 e. The number of thiophene rings is 1. The summed E-state index contributed by atoms with van der Waals surface area (Å²) in [7, 11) is 0. The van der Waals surface area contributed by atoms with Crippen LogP contribution >= 0.6 is 23.6 Å². The predicted molar refractivity (Wildman–Crippen MR) is 71.1 cm³/mol. The largest absolute Gasteiger partial charge is 0.330 e.